The average molecular weight is 371 g/mol. The van der Waals surface area contributed by atoms with Gasteiger partial charge in [0.15, 0.2) is 0 Å². The normalized spacial score (nSPS) is 11.2. The van der Waals surface area contributed by atoms with Gasteiger partial charge in [0.2, 0.25) is 15.9 Å². The zero-order valence-corrected chi connectivity index (χ0v) is 14.2. The molecule has 0 saturated heterocycles. The van der Waals surface area contributed by atoms with Crippen LogP contribution in [0.25, 0.3) is 0 Å². The molecule has 0 spiro atoms. The van der Waals surface area contributed by atoms with E-state index >= 15 is 0 Å². The molecule has 2 aromatic carbocycles. The molecular weight excluding hydrogens is 355 g/mol. The van der Waals surface area contributed by atoms with Crippen molar-refractivity contribution in [3.8, 4) is 0 Å². The topological polar surface area (TPSA) is 75.3 Å². The van der Waals surface area contributed by atoms with E-state index in [9.17, 15) is 17.6 Å². The molecule has 24 heavy (non-hydrogen) atoms. The van der Waals surface area contributed by atoms with Gasteiger partial charge in [-0.15, -0.1) is 0 Å². The number of sulfonamides is 1. The summed E-state index contributed by atoms with van der Waals surface area (Å²) in [5.41, 5.74) is 1.06. The quantitative estimate of drug-likeness (QED) is 0.783. The molecule has 2 rings (SSSR count). The van der Waals surface area contributed by atoms with Crippen molar-refractivity contribution in [1.82, 2.24) is 10.0 Å². The lowest BCUT2D eigenvalue weighted by molar-refractivity contribution is -0.119. The molecule has 8 heteroatoms. The number of nitrogens with one attached hydrogen (secondary N) is 2. The maximum Gasteiger partial charge on any atom is 0.242 e. The first kappa shape index (κ1) is 18.4. The van der Waals surface area contributed by atoms with Crippen LogP contribution in [0.5, 0.6) is 0 Å². The zero-order chi connectivity index (χ0) is 17.6. The largest absolute Gasteiger partial charge is 0.355 e. The molecule has 0 aliphatic heterocycles. The smallest absolute Gasteiger partial charge is 0.242 e. The summed E-state index contributed by atoms with van der Waals surface area (Å²) in [6.45, 7) is -0.0741. The van der Waals surface area contributed by atoms with E-state index in [1.807, 2.05) is 30.3 Å². The van der Waals surface area contributed by atoms with Gasteiger partial charge in [0.25, 0.3) is 0 Å². The van der Waals surface area contributed by atoms with Gasteiger partial charge in [0.1, 0.15) is 10.7 Å². The minimum atomic E-state index is -4.07. The van der Waals surface area contributed by atoms with E-state index in [0.717, 1.165) is 23.8 Å². The van der Waals surface area contributed by atoms with Gasteiger partial charge in [-0.2, -0.15) is 0 Å². The van der Waals surface area contributed by atoms with Crippen molar-refractivity contribution < 1.29 is 17.6 Å². The third kappa shape index (κ3) is 5.30. The Morgan fingerprint density at radius 3 is 2.54 bits per heavy atom. The first-order valence-corrected chi connectivity index (χ1v) is 9.00. The maximum atomic E-state index is 13.2. The first-order chi connectivity index (χ1) is 11.4. The highest BCUT2D eigenvalue weighted by Gasteiger charge is 2.19. The van der Waals surface area contributed by atoms with Crippen molar-refractivity contribution in [3.63, 3.8) is 0 Å². The third-order valence-electron chi connectivity index (χ3n) is 3.18. The molecule has 5 nitrogen and oxygen atoms in total. The molecule has 0 atom stereocenters. The number of hydrogen-bond acceptors (Lipinski definition) is 3. The molecule has 0 saturated carbocycles. The van der Waals surface area contributed by atoms with E-state index in [2.05, 4.69) is 10.0 Å². The SMILES string of the molecule is O=C(CNS(=O)(=O)c1cc(F)ccc1Cl)NCCc1ccccc1. The van der Waals surface area contributed by atoms with Crippen LogP contribution < -0.4 is 10.0 Å². The molecule has 0 bridgehead atoms. The summed E-state index contributed by atoms with van der Waals surface area (Å²) >= 11 is 5.76. The van der Waals surface area contributed by atoms with Crippen molar-refractivity contribution in [1.29, 1.82) is 0 Å². The Morgan fingerprint density at radius 1 is 1.12 bits per heavy atom. The molecule has 128 valence electrons. The van der Waals surface area contributed by atoms with Crippen LogP contribution in [-0.2, 0) is 21.2 Å². The number of amides is 1. The fourth-order valence-corrected chi connectivity index (χ4v) is 3.47. The third-order valence-corrected chi connectivity index (χ3v) is 5.07. The van der Waals surface area contributed by atoms with E-state index < -0.39 is 33.2 Å². The van der Waals surface area contributed by atoms with Gasteiger partial charge in [-0.25, -0.2) is 17.5 Å². The van der Waals surface area contributed by atoms with Crippen LogP contribution in [0.1, 0.15) is 5.56 Å². The predicted molar refractivity (Wildman–Crippen MR) is 89.8 cm³/mol. The maximum absolute atomic E-state index is 13.2. The van der Waals surface area contributed by atoms with Gasteiger partial charge in [-0.1, -0.05) is 41.9 Å². The van der Waals surface area contributed by atoms with Crippen molar-refractivity contribution in [2.75, 3.05) is 13.1 Å². The predicted octanol–water partition coefficient (Wildman–Crippen LogP) is 2.12. The summed E-state index contributed by atoms with van der Waals surface area (Å²) in [6, 6.07) is 12.6. The molecule has 0 aromatic heterocycles. The molecule has 0 unspecified atom stereocenters. The summed E-state index contributed by atoms with van der Waals surface area (Å²) in [6.07, 6.45) is 0.634. The number of hydrogen-bond donors (Lipinski definition) is 2. The van der Waals surface area contributed by atoms with Crippen LogP contribution in [0.3, 0.4) is 0 Å². The highest BCUT2D eigenvalue weighted by Crippen LogP contribution is 2.21. The Kier molecular flexibility index (Phi) is 6.30. The van der Waals surface area contributed by atoms with E-state index in [-0.39, 0.29) is 5.02 Å². The molecule has 0 fully saturated rings. The fourth-order valence-electron chi connectivity index (χ4n) is 1.97. The Balaban J connectivity index is 1.85. The molecule has 0 radical (unpaired) electrons. The summed E-state index contributed by atoms with van der Waals surface area (Å²) in [4.78, 5) is 11.3. The first-order valence-electron chi connectivity index (χ1n) is 7.14. The number of rotatable bonds is 7. The lowest BCUT2D eigenvalue weighted by atomic mass is 10.1. The van der Waals surface area contributed by atoms with Crippen molar-refractivity contribution >= 4 is 27.5 Å². The second-order valence-electron chi connectivity index (χ2n) is 4.98. The van der Waals surface area contributed by atoms with E-state index in [0.29, 0.717) is 13.0 Å². The molecule has 1 amide bonds. The van der Waals surface area contributed by atoms with Crippen molar-refractivity contribution in [2.24, 2.45) is 0 Å². The fraction of sp³-hybridized carbons (Fsp3) is 0.188. The second-order valence-corrected chi connectivity index (χ2v) is 7.13. The van der Waals surface area contributed by atoms with Gasteiger partial charge in [0, 0.05) is 6.54 Å². The molecular formula is C16H16ClFN2O3S. The number of carbonyl (C=O) groups is 1. The summed E-state index contributed by atoms with van der Waals surface area (Å²) < 4.78 is 39.4. The highest BCUT2D eigenvalue weighted by atomic mass is 35.5. The van der Waals surface area contributed by atoms with E-state index in [1.54, 1.807) is 0 Å². The average Bonchev–Trinajstić information content (AvgIpc) is 2.56. The van der Waals surface area contributed by atoms with E-state index in [1.165, 1.54) is 0 Å². The number of carbonyl (C=O) groups excluding carboxylic acids is 1. The van der Waals surface area contributed by atoms with Crippen LogP contribution in [-0.4, -0.2) is 27.4 Å². The van der Waals surface area contributed by atoms with Gasteiger partial charge < -0.3 is 5.32 Å². The highest BCUT2D eigenvalue weighted by molar-refractivity contribution is 7.89. The van der Waals surface area contributed by atoms with Crippen LogP contribution in [0.2, 0.25) is 5.02 Å². The van der Waals surface area contributed by atoms with Gasteiger partial charge in [-0.3, -0.25) is 4.79 Å². The lowest BCUT2D eigenvalue weighted by Gasteiger charge is -2.09. The Bertz CT molecular complexity index is 813. The molecule has 0 heterocycles. The Labute approximate surface area is 144 Å². The summed E-state index contributed by atoms with van der Waals surface area (Å²) in [5.74, 6) is -1.21. The molecule has 0 aliphatic rings. The van der Waals surface area contributed by atoms with Crippen LogP contribution >= 0.6 is 11.6 Å². The molecule has 0 aliphatic carbocycles. The standard InChI is InChI=1S/C16H16ClFN2O3S/c17-14-7-6-13(18)10-15(14)24(22,23)20-11-16(21)19-9-8-12-4-2-1-3-5-12/h1-7,10,20H,8-9,11H2,(H,19,21). The van der Waals surface area contributed by atoms with Gasteiger partial charge in [-0.05, 0) is 30.2 Å². The molecule has 2 aromatic rings. The minimum Gasteiger partial charge on any atom is -0.355 e. The number of benzene rings is 2. The Hall–Kier alpha value is -1.96. The second kappa shape index (κ2) is 8.23. The van der Waals surface area contributed by atoms with Crippen LogP contribution in [0.4, 0.5) is 4.39 Å². The van der Waals surface area contributed by atoms with E-state index in [4.69, 9.17) is 11.6 Å². The lowest BCUT2D eigenvalue weighted by Crippen LogP contribution is -2.37. The van der Waals surface area contributed by atoms with Gasteiger partial charge in [0.05, 0.1) is 11.6 Å². The monoisotopic (exact) mass is 370 g/mol. The zero-order valence-electron chi connectivity index (χ0n) is 12.6. The molecule has 2 N–H and O–H groups in total. The Morgan fingerprint density at radius 2 is 1.83 bits per heavy atom. The number of halogens is 2. The summed E-state index contributed by atoms with van der Waals surface area (Å²) in [5, 5.41) is 2.49. The van der Waals surface area contributed by atoms with Crippen LogP contribution in [0, 0.1) is 5.82 Å². The minimum absolute atomic E-state index is 0.117. The van der Waals surface area contributed by atoms with Crippen molar-refractivity contribution in [3.05, 3.63) is 64.9 Å². The van der Waals surface area contributed by atoms with Crippen LogP contribution in [0.15, 0.2) is 53.4 Å². The van der Waals surface area contributed by atoms with Gasteiger partial charge >= 0.3 is 0 Å². The summed E-state index contributed by atoms with van der Waals surface area (Å²) in [7, 11) is -4.07. The van der Waals surface area contributed by atoms with Crippen molar-refractivity contribution in [2.45, 2.75) is 11.3 Å².